The van der Waals surface area contributed by atoms with Gasteiger partial charge < -0.3 is 31.2 Å². The van der Waals surface area contributed by atoms with Crippen LogP contribution < -0.4 is 57.8 Å². The zero-order chi connectivity index (χ0) is 12.7. The molecule has 1 aliphatic heterocycles. The minimum Gasteiger partial charge on any atom is -1.00 e. The van der Waals surface area contributed by atoms with E-state index in [1.807, 2.05) is 0 Å². The van der Waals surface area contributed by atoms with Gasteiger partial charge in [0.05, 0.1) is 0 Å². The van der Waals surface area contributed by atoms with E-state index in [1.54, 1.807) is 0 Å². The molecule has 0 bridgehead atoms. The summed E-state index contributed by atoms with van der Waals surface area (Å²) in [7, 11) is 0. The Morgan fingerprint density at radius 3 is 1.71 bits per heavy atom. The van der Waals surface area contributed by atoms with Gasteiger partial charge in [-0.05, 0) is 13.0 Å². The van der Waals surface area contributed by atoms with Crippen LogP contribution in [0.4, 0.5) is 0 Å². The fourth-order valence-electron chi connectivity index (χ4n) is 1.98. The standard InChI is InChI=1S/C12H29N6.2ClH.Cu/c1-2-4-6-8-10-12-14-16-18-17-15-13-11-9-7-5-3-1;;;/h7,13-18H,1-6,8-12H2;2*1H;/q-1;;;+2/p-2. The molecule has 0 atom stereocenters. The van der Waals surface area contributed by atoms with E-state index in [-0.39, 0.29) is 41.9 Å². The second-order valence-corrected chi connectivity index (χ2v) is 4.69. The maximum Gasteiger partial charge on any atom is 2.00 e. The zero-order valence-corrected chi connectivity index (χ0v) is 14.9. The van der Waals surface area contributed by atoms with Gasteiger partial charge in [-0.2, -0.15) is 35.0 Å². The molecule has 1 heterocycles. The number of hydrogen-bond donors (Lipinski definition) is 6. The molecule has 0 aromatic heterocycles. The first-order valence-electron chi connectivity index (χ1n) is 7.27. The Balaban J connectivity index is -0.00000108. The molecule has 0 unspecified atom stereocenters. The molecule has 1 radical (unpaired) electrons. The van der Waals surface area contributed by atoms with Crippen LogP contribution in [0.3, 0.4) is 0 Å². The number of rotatable bonds is 0. The Bertz CT molecular complexity index is 107. The van der Waals surface area contributed by atoms with Crippen LogP contribution in [0.15, 0.2) is 0 Å². The van der Waals surface area contributed by atoms with Gasteiger partial charge in [0.15, 0.2) is 0 Å². The largest absolute Gasteiger partial charge is 2.00 e. The third-order valence-electron chi connectivity index (χ3n) is 3.05. The van der Waals surface area contributed by atoms with E-state index in [2.05, 4.69) is 39.4 Å². The monoisotopic (exact) mass is 390 g/mol. The van der Waals surface area contributed by atoms with Gasteiger partial charge in [-0.15, -0.1) is 0 Å². The normalized spacial score (nSPS) is 20.6. The Morgan fingerprint density at radius 1 is 0.524 bits per heavy atom. The predicted octanol–water partition coefficient (Wildman–Crippen LogP) is -5.17. The summed E-state index contributed by atoms with van der Waals surface area (Å²) < 4.78 is 0. The summed E-state index contributed by atoms with van der Waals surface area (Å²) >= 11 is 0. The molecule has 1 fully saturated rings. The molecule has 6 nitrogen and oxygen atoms in total. The maximum atomic E-state index is 3.09. The molecule has 0 saturated carbocycles. The van der Waals surface area contributed by atoms with Crippen molar-refractivity contribution >= 4 is 0 Å². The van der Waals surface area contributed by atoms with Crippen LogP contribution in [0.2, 0.25) is 0 Å². The fourth-order valence-corrected chi connectivity index (χ4v) is 1.98. The summed E-state index contributed by atoms with van der Waals surface area (Å²) in [4.78, 5) is 0. The first-order valence-corrected chi connectivity index (χ1v) is 7.27. The SMILES string of the molecule is [CH-]1CCCCCCCCCNNNNNNCC1.[Cl-].[Cl-].[Cu+2]. The van der Waals surface area contributed by atoms with Gasteiger partial charge in [-0.1, -0.05) is 38.5 Å². The molecule has 0 spiro atoms. The molecular weight excluding hydrogens is 363 g/mol. The van der Waals surface area contributed by atoms with Crippen LogP contribution in [0.5, 0.6) is 0 Å². The van der Waals surface area contributed by atoms with E-state index < -0.39 is 0 Å². The average molecular weight is 392 g/mol. The molecule has 6 N–H and O–H groups in total. The van der Waals surface area contributed by atoms with Crippen molar-refractivity contribution in [1.82, 2.24) is 33.0 Å². The fraction of sp³-hybridized carbons (Fsp3) is 0.917. The molecule has 0 aromatic rings. The van der Waals surface area contributed by atoms with Crippen molar-refractivity contribution in [3.05, 3.63) is 6.42 Å². The Hall–Kier alpha value is 0.859. The first-order chi connectivity index (χ1) is 9.00. The van der Waals surface area contributed by atoms with Gasteiger partial charge in [0.2, 0.25) is 0 Å². The van der Waals surface area contributed by atoms with Crippen molar-refractivity contribution in [1.29, 1.82) is 0 Å². The minimum absolute atomic E-state index is 0. The van der Waals surface area contributed by atoms with Crippen molar-refractivity contribution in [2.24, 2.45) is 0 Å². The van der Waals surface area contributed by atoms with Gasteiger partial charge in [0.25, 0.3) is 0 Å². The van der Waals surface area contributed by atoms with Crippen molar-refractivity contribution < 1.29 is 41.9 Å². The van der Waals surface area contributed by atoms with Gasteiger partial charge in [0, 0.05) is 6.54 Å². The van der Waals surface area contributed by atoms with Crippen LogP contribution in [0.1, 0.15) is 57.8 Å². The molecule has 133 valence electrons. The number of nitrogens with one attached hydrogen (secondary N) is 6. The summed E-state index contributed by atoms with van der Waals surface area (Å²) in [5.74, 6) is 0. The first kappa shape index (κ1) is 26.7. The third kappa shape index (κ3) is 20.9. The number of hydrogen-bond acceptors (Lipinski definition) is 6. The molecule has 1 aliphatic rings. The molecular formula is C12H29Cl2CuN6-. The predicted molar refractivity (Wildman–Crippen MR) is 74.4 cm³/mol. The molecule has 21 heavy (non-hydrogen) atoms. The van der Waals surface area contributed by atoms with Crippen LogP contribution >= 0.6 is 0 Å². The van der Waals surface area contributed by atoms with Gasteiger partial charge in [0.1, 0.15) is 0 Å². The molecule has 1 saturated heterocycles. The van der Waals surface area contributed by atoms with Crippen molar-refractivity contribution in [2.45, 2.75) is 57.8 Å². The van der Waals surface area contributed by atoms with E-state index in [1.165, 1.54) is 51.4 Å². The summed E-state index contributed by atoms with van der Waals surface area (Å²) in [5.41, 5.74) is 17.5. The molecule has 0 aliphatic carbocycles. The average Bonchev–Trinajstić information content (AvgIpc) is 2.39. The van der Waals surface area contributed by atoms with E-state index in [0.29, 0.717) is 0 Å². The van der Waals surface area contributed by atoms with Crippen LogP contribution in [0, 0.1) is 6.42 Å². The summed E-state index contributed by atoms with van der Waals surface area (Å²) in [6, 6.07) is 0. The second-order valence-electron chi connectivity index (χ2n) is 4.69. The van der Waals surface area contributed by atoms with E-state index in [9.17, 15) is 0 Å². The van der Waals surface area contributed by atoms with Crippen LogP contribution in [-0.2, 0) is 17.1 Å². The Kier molecular flexibility index (Phi) is 29.5. The summed E-state index contributed by atoms with van der Waals surface area (Å²) in [5, 5.41) is 0. The van der Waals surface area contributed by atoms with E-state index in [0.717, 1.165) is 19.5 Å². The Morgan fingerprint density at radius 2 is 1.05 bits per heavy atom. The summed E-state index contributed by atoms with van der Waals surface area (Å²) in [6.45, 7) is 1.92. The smallest absolute Gasteiger partial charge is 1.00 e. The quantitative estimate of drug-likeness (QED) is 0.183. The van der Waals surface area contributed by atoms with Crippen LogP contribution in [0.25, 0.3) is 0 Å². The maximum absolute atomic E-state index is 3.09. The second kappa shape index (κ2) is 23.1. The zero-order valence-electron chi connectivity index (χ0n) is 12.4. The van der Waals surface area contributed by atoms with Gasteiger partial charge in [-0.3, -0.25) is 0 Å². The summed E-state index contributed by atoms with van der Waals surface area (Å²) in [6.07, 6.45) is 14.1. The van der Waals surface area contributed by atoms with Crippen molar-refractivity contribution in [2.75, 3.05) is 13.1 Å². The van der Waals surface area contributed by atoms with Gasteiger partial charge >= 0.3 is 17.1 Å². The minimum atomic E-state index is 0. The van der Waals surface area contributed by atoms with Crippen LogP contribution in [-0.4, -0.2) is 13.1 Å². The third-order valence-corrected chi connectivity index (χ3v) is 3.05. The van der Waals surface area contributed by atoms with E-state index >= 15 is 0 Å². The number of halogens is 2. The number of hydrazine groups is 5. The van der Waals surface area contributed by atoms with Gasteiger partial charge in [-0.25, -0.2) is 10.9 Å². The topological polar surface area (TPSA) is 72.2 Å². The molecule has 0 amide bonds. The van der Waals surface area contributed by atoms with Crippen molar-refractivity contribution in [3.8, 4) is 0 Å². The molecule has 9 heteroatoms. The Labute approximate surface area is 152 Å². The van der Waals surface area contributed by atoms with E-state index in [4.69, 9.17) is 0 Å². The molecule has 0 aromatic carbocycles. The molecule has 1 rings (SSSR count). The van der Waals surface area contributed by atoms with Crippen molar-refractivity contribution in [3.63, 3.8) is 0 Å².